The predicted molar refractivity (Wildman–Crippen MR) is 139 cm³/mol. The molecule has 0 bridgehead atoms. The van der Waals surface area contributed by atoms with Gasteiger partial charge in [0, 0.05) is 42.8 Å². The number of amides is 1. The van der Waals surface area contributed by atoms with Crippen LogP contribution in [0.25, 0.3) is 10.6 Å². The van der Waals surface area contributed by atoms with Crippen molar-refractivity contribution < 1.29 is 26.4 Å². The zero-order valence-corrected chi connectivity index (χ0v) is 23.3. The number of sulfonamides is 1. The minimum absolute atomic E-state index is 0.0473. The zero-order chi connectivity index (χ0) is 27.6. The van der Waals surface area contributed by atoms with Crippen molar-refractivity contribution in [3.8, 4) is 10.6 Å². The Kier molecular flexibility index (Phi) is 6.76. The third-order valence-corrected chi connectivity index (χ3v) is 10.7. The molecule has 2 aromatic rings. The molecule has 0 saturated carbocycles. The molecule has 5 heterocycles. The minimum Gasteiger partial charge on any atom is -0.351 e. The van der Waals surface area contributed by atoms with Gasteiger partial charge in [0.05, 0.1) is 27.9 Å². The Morgan fingerprint density at radius 1 is 1.26 bits per heavy atom. The summed E-state index contributed by atoms with van der Waals surface area (Å²) in [4.78, 5) is 26.6. The second kappa shape index (κ2) is 9.42. The third-order valence-electron chi connectivity index (χ3n) is 8.01. The second-order valence-electron chi connectivity index (χ2n) is 10.5. The summed E-state index contributed by atoms with van der Waals surface area (Å²) in [7, 11) is 0.644. The van der Waals surface area contributed by atoms with Gasteiger partial charge in [-0.05, 0) is 45.8 Å². The molecule has 3 aliphatic heterocycles. The zero-order valence-electron chi connectivity index (χ0n) is 21.7. The molecule has 9 nitrogen and oxygen atoms in total. The van der Waals surface area contributed by atoms with Gasteiger partial charge < -0.3 is 15.1 Å². The van der Waals surface area contributed by atoms with Crippen molar-refractivity contribution in [2.45, 2.75) is 56.4 Å². The van der Waals surface area contributed by atoms with Crippen molar-refractivity contribution in [1.29, 1.82) is 0 Å². The van der Waals surface area contributed by atoms with Crippen molar-refractivity contribution in [2.24, 2.45) is 0 Å². The maximum Gasteiger partial charge on any atom is 0.420 e. The lowest BCUT2D eigenvalue weighted by molar-refractivity contribution is -0.137. The number of nitrogens with zero attached hydrogens (tertiary/aromatic N) is 5. The van der Waals surface area contributed by atoms with Gasteiger partial charge in [-0.15, -0.1) is 11.3 Å². The van der Waals surface area contributed by atoms with Gasteiger partial charge in [0.15, 0.2) is 0 Å². The normalized spacial score (nSPS) is 24.8. The number of piperidine rings is 1. The van der Waals surface area contributed by atoms with Crippen LogP contribution in [0.15, 0.2) is 12.3 Å². The van der Waals surface area contributed by atoms with Crippen LogP contribution in [0.2, 0.25) is 0 Å². The molecule has 2 atom stereocenters. The van der Waals surface area contributed by atoms with Crippen LogP contribution in [0.1, 0.15) is 53.4 Å². The van der Waals surface area contributed by atoms with Gasteiger partial charge >= 0.3 is 6.18 Å². The SMILES string of the molecule is CCC12CC(N(C)C)CN1C(=O)c1cc(-c3nc(NC4CCN(S(C)(=O)=O)CC4)ncc3C(F)(F)F)sc12. The predicted octanol–water partition coefficient (Wildman–Crippen LogP) is 3.45. The van der Waals surface area contributed by atoms with E-state index in [4.69, 9.17) is 0 Å². The number of thiophene rings is 1. The lowest BCUT2D eigenvalue weighted by atomic mass is 9.90. The Morgan fingerprint density at radius 3 is 2.53 bits per heavy atom. The maximum atomic E-state index is 14.0. The molecule has 2 saturated heterocycles. The number of likely N-dealkylation sites (N-methyl/N-ethyl adjacent to an activating group) is 1. The first-order valence-electron chi connectivity index (χ1n) is 12.5. The fourth-order valence-electron chi connectivity index (χ4n) is 5.80. The number of hydrogen-bond acceptors (Lipinski definition) is 8. The Balaban J connectivity index is 1.48. The lowest BCUT2D eigenvalue weighted by Crippen LogP contribution is -2.42. The fraction of sp³-hybridized carbons (Fsp3) is 0.625. The number of aromatic nitrogens is 2. The van der Waals surface area contributed by atoms with Gasteiger partial charge in [-0.3, -0.25) is 4.79 Å². The molecule has 0 radical (unpaired) electrons. The lowest BCUT2D eigenvalue weighted by Gasteiger charge is -2.31. The number of nitrogens with one attached hydrogen (secondary N) is 1. The smallest absolute Gasteiger partial charge is 0.351 e. The van der Waals surface area contributed by atoms with Gasteiger partial charge in [0.25, 0.3) is 5.91 Å². The maximum absolute atomic E-state index is 14.0. The Morgan fingerprint density at radius 2 is 1.95 bits per heavy atom. The van der Waals surface area contributed by atoms with E-state index in [0.717, 1.165) is 23.8 Å². The van der Waals surface area contributed by atoms with Crippen molar-refractivity contribution in [1.82, 2.24) is 24.1 Å². The van der Waals surface area contributed by atoms with E-state index in [1.165, 1.54) is 15.6 Å². The van der Waals surface area contributed by atoms with Gasteiger partial charge in [-0.1, -0.05) is 6.92 Å². The van der Waals surface area contributed by atoms with Crippen molar-refractivity contribution >= 4 is 33.2 Å². The number of halogens is 3. The van der Waals surface area contributed by atoms with Gasteiger partial charge in [-0.2, -0.15) is 13.2 Å². The average Bonchev–Trinajstić information content (AvgIpc) is 3.50. The van der Waals surface area contributed by atoms with E-state index < -0.39 is 27.3 Å². The van der Waals surface area contributed by atoms with Crippen LogP contribution in [0.4, 0.5) is 19.1 Å². The number of carbonyl (C=O) groups is 1. The molecule has 5 rings (SSSR count). The molecule has 1 N–H and O–H groups in total. The number of rotatable bonds is 6. The van der Waals surface area contributed by atoms with Gasteiger partial charge in [-0.25, -0.2) is 22.7 Å². The van der Waals surface area contributed by atoms with Crippen LogP contribution in [0, 0.1) is 0 Å². The summed E-state index contributed by atoms with van der Waals surface area (Å²) >= 11 is 1.21. The average molecular weight is 573 g/mol. The van der Waals surface area contributed by atoms with E-state index in [9.17, 15) is 26.4 Å². The summed E-state index contributed by atoms with van der Waals surface area (Å²) < 4.78 is 67.0. The van der Waals surface area contributed by atoms with Crippen LogP contribution in [0.3, 0.4) is 0 Å². The minimum atomic E-state index is -4.68. The number of hydrogen-bond donors (Lipinski definition) is 1. The van der Waals surface area contributed by atoms with E-state index in [-0.39, 0.29) is 34.5 Å². The molecule has 3 aliphatic rings. The first kappa shape index (κ1) is 27.3. The molecule has 208 valence electrons. The van der Waals surface area contributed by atoms with Crippen LogP contribution in [0.5, 0.6) is 0 Å². The molecule has 2 aromatic heterocycles. The van der Waals surface area contributed by atoms with Crippen LogP contribution < -0.4 is 5.32 Å². The molecule has 2 unspecified atom stereocenters. The van der Waals surface area contributed by atoms with Gasteiger partial charge in [0.2, 0.25) is 16.0 Å². The summed E-state index contributed by atoms with van der Waals surface area (Å²) in [6.45, 7) is 3.22. The van der Waals surface area contributed by atoms with E-state index in [0.29, 0.717) is 44.5 Å². The van der Waals surface area contributed by atoms with Crippen molar-refractivity contribution in [3.05, 3.63) is 28.3 Å². The third kappa shape index (κ3) is 4.58. The Labute approximate surface area is 224 Å². The Bertz CT molecular complexity index is 1350. The summed E-state index contributed by atoms with van der Waals surface area (Å²) in [5, 5.41) is 3.09. The number of anilines is 1. The van der Waals surface area contributed by atoms with Crippen molar-refractivity contribution in [3.63, 3.8) is 0 Å². The molecule has 1 amide bonds. The van der Waals surface area contributed by atoms with E-state index >= 15 is 0 Å². The van der Waals surface area contributed by atoms with E-state index in [1.54, 1.807) is 6.07 Å². The highest BCUT2D eigenvalue weighted by atomic mass is 32.2. The molecule has 2 fully saturated rings. The highest BCUT2D eigenvalue weighted by Crippen LogP contribution is 2.54. The summed E-state index contributed by atoms with van der Waals surface area (Å²) in [6.07, 6.45) is -0.376. The largest absolute Gasteiger partial charge is 0.420 e. The standard InChI is InChI=1S/C24H31F3N6O3S2/c1-5-23-11-15(31(2)3)13-33(23)21(34)16-10-18(37-20(16)23)19-17(24(25,26)27)12-28-22(30-19)29-14-6-8-32(9-7-14)38(4,35)36/h10,12,14-15H,5-9,11,13H2,1-4H3,(H,28,29,30). The molecule has 38 heavy (non-hydrogen) atoms. The first-order valence-corrected chi connectivity index (χ1v) is 15.2. The monoisotopic (exact) mass is 572 g/mol. The van der Waals surface area contributed by atoms with Crippen LogP contribution in [-0.2, 0) is 21.7 Å². The molecular weight excluding hydrogens is 541 g/mol. The quantitative estimate of drug-likeness (QED) is 0.566. The summed E-state index contributed by atoms with van der Waals surface area (Å²) in [5.41, 5.74) is -1.28. The van der Waals surface area contributed by atoms with Crippen LogP contribution >= 0.6 is 11.3 Å². The van der Waals surface area contributed by atoms with Crippen molar-refractivity contribution in [2.75, 3.05) is 45.3 Å². The molecule has 0 spiro atoms. The molecule has 14 heteroatoms. The topological polar surface area (TPSA) is 98.7 Å². The number of carbonyl (C=O) groups excluding carboxylic acids is 1. The first-order chi connectivity index (χ1) is 17.7. The molecular formula is C24H31F3N6O3S2. The van der Waals surface area contributed by atoms with Crippen LogP contribution in [-0.4, -0.2) is 90.5 Å². The number of alkyl halides is 3. The molecule has 0 aromatic carbocycles. The summed E-state index contributed by atoms with van der Waals surface area (Å²) in [6, 6.07) is 1.55. The van der Waals surface area contributed by atoms with E-state index in [1.807, 2.05) is 25.9 Å². The number of fused-ring (bicyclic) bond motifs is 3. The van der Waals surface area contributed by atoms with E-state index in [2.05, 4.69) is 20.2 Å². The summed E-state index contributed by atoms with van der Waals surface area (Å²) in [5.74, 6) is -0.0987. The fourth-order valence-corrected chi connectivity index (χ4v) is 8.11. The Hall–Kier alpha value is -2.29. The second-order valence-corrected chi connectivity index (χ2v) is 13.5. The molecule has 0 aliphatic carbocycles. The highest BCUT2D eigenvalue weighted by Gasteiger charge is 2.56. The van der Waals surface area contributed by atoms with Gasteiger partial charge in [0.1, 0.15) is 5.56 Å². The highest BCUT2D eigenvalue weighted by molar-refractivity contribution is 7.88.